The molecule has 5 aromatic rings. The Hall–Kier alpha value is -5.72. The van der Waals surface area contributed by atoms with Gasteiger partial charge in [0.25, 0.3) is 21.6 Å². The van der Waals surface area contributed by atoms with E-state index in [2.05, 4.69) is 50.8 Å². The van der Waals surface area contributed by atoms with Gasteiger partial charge in [0.05, 0.1) is 53.6 Å². The molecule has 0 spiro atoms. The molecule has 0 saturated carbocycles. The molecule has 3 N–H and O–H groups in total. The van der Waals surface area contributed by atoms with Gasteiger partial charge < -0.3 is 34.3 Å². The van der Waals surface area contributed by atoms with Crippen LogP contribution in [0.3, 0.4) is 0 Å². The van der Waals surface area contributed by atoms with Gasteiger partial charge in [-0.2, -0.15) is 4.98 Å². The van der Waals surface area contributed by atoms with Gasteiger partial charge in [0.1, 0.15) is 17.0 Å². The van der Waals surface area contributed by atoms with E-state index in [1.165, 1.54) is 28.8 Å². The number of H-pyrrole nitrogens is 1. The first-order valence-corrected chi connectivity index (χ1v) is 24.4. The molecule has 9 rings (SSSR count). The van der Waals surface area contributed by atoms with Crippen LogP contribution in [0.25, 0.3) is 16.6 Å². The number of rotatable bonds is 12. The third kappa shape index (κ3) is 10.1. The second-order valence-electron chi connectivity index (χ2n) is 18.1. The summed E-state index contributed by atoms with van der Waals surface area (Å²) in [6, 6.07) is 21.0. The minimum atomic E-state index is -4.60. The number of ether oxygens (including phenoxy) is 3. The fourth-order valence-electron chi connectivity index (χ4n) is 9.29. The average Bonchev–Trinajstić information content (AvgIpc) is 3.77. The van der Waals surface area contributed by atoms with Gasteiger partial charge in [0, 0.05) is 74.2 Å². The lowest BCUT2D eigenvalue weighted by molar-refractivity contribution is -0.384. The zero-order valence-electron chi connectivity index (χ0n) is 37.2. The number of nitrogens with one attached hydrogen (secondary N) is 3. The van der Waals surface area contributed by atoms with Crippen LogP contribution < -0.4 is 24.6 Å². The predicted octanol–water partition coefficient (Wildman–Crippen LogP) is 8.17. The van der Waals surface area contributed by atoms with Crippen LogP contribution in [0.5, 0.6) is 5.88 Å². The van der Waals surface area contributed by atoms with Crippen LogP contribution in [0.15, 0.2) is 89.5 Å². The van der Waals surface area contributed by atoms with Crippen molar-refractivity contribution in [1.29, 1.82) is 0 Å². The lowest BCUT2D eigenvalue weighted by Crippen LogP contribution is -2.47. The quantitative estimate of drug-likeness (QED) is 0.0805. The topological polar surface area (TPSA) is 185 Å². The minimum Gasteiger partial charge on any atom is -0.476 e. The monoisotopic (exact) mass is 938 g/mol. The van der Waals surface area contributed by atoms with E-state index in [1.807, 2.05) is 41.3 Å². The van der Waals surface area contributed by atoms with Crippen LogP contribution in [0.4, 0.5) is 28.4 Å². The van der Waals surface area contributed by atoms with Crippen LogP contribution in [0, 0.1) is 15.5 Å². The molecule has 2 aromatic heterocycles. The first-order valence-electron chi connectivity index (χ1n) is 22.6. The summed E-state index contributed by atoms with van der Waals surface area (Å²) in [5.41, 5.74) is 6.76. The van der Waals surface area contributed by atoms with E-state index >= 15 is 0 Å². The SMILES string of the molecule is CC1(C)CCC(CN2CCN(c3ccc(C(=O)NS(=O)(=O)c4ccc(NC[C@@H]5COCCO5)c([N+](=O)[O-])c4)c(N4CCCCOc5nc6[nH]ccc6cc54)c3)CC2)=C(c2ccc(Cl)cc2)C1. The van der Waals surface area contributed by atoms with E-state index in [0.717, 1.165) is 87.0 Å². The number of aromatic nitrogens is 2. The maximum atomic E-state index is 14.4. The number of carbonyl (C=O) groups is 1. The predicted molar refractivity (Wildman–Crippen MR) is 256 cm³/mol. The highest BCUT2D eigenvalue weighted by Crippen LogP contribution is 2.44. The van der Waals surface area contributed by atoms with Crippen LogP contribution in [-0.2, 0) is 19.5 Å². The number of hydrogen-bond acceptors (Lipinski definition) is 13. The Kier molecular flexibility index (Phi) is 13.3. The molecule has 3 aliphatic heterocycles. The van der Waals surface area contributed by atoms with E-state index in [0.29, 0.717) is 55.9 Å². The molecule has 18 heteroatoms. The van der Waals surface area contributed by atoms with E-state index in [1.54, 1.807) is 12.3 Å². The van der Waals surface area contributed by atoms with Gasteiger partial charge >= 0.3 is 0 Å². The van der Waals surface area contributed by atoms with Gasteiger partial charge in [-0.1, -0.05) is 43.2 Å². The summed E-state index contributed by atoms with van der Waals surface area (Å²) in [5.74, 6) is -0.495. The zero-order chi connectivity index (χ0) is 46.0. The largest absolute Gasteiger partial charge is 0.476 e. The summed E-state index contributed by atoms with van der Waals surface area (Å²) < 4.78 is 47.4. The summed E-state index contributed by atoms with van der Waals surface area (Å²) in [5, 5.41) is 16.7. The van der Waals surface area contributed by atoms with Crippen molar-refractivity contribution in [2.45, 2.75) is 57.0 Å². The van der Waals surface area contributed by atoms with Crippen molar-refractivity contribution in [1.82, 2.24) is 19.6 Å². The summed E-state index contributed by atoms with van der Waals surface area (Å²) >= 11 is 6.27. The maximum absolute atomic E-state index is 14.4. The standard InChI is InChI=1S/C48H55ClN8O8S/c1-48(2)15-13-34(40(28-48)32-5-7-35(49)8-6-32)30-54-18-20-55(21-19-54)36-9-11-39(42(26-36)56-17-3-4-22-65-47-44(56)25-33-14-16-50-45(33)52-47)46(58)53-66(61,62)38-10-12-41(43(27-38)57(59)60)51-29-37-31-63-23-24-64-37/h5-12,14,16,25-27,37,51H,3-4,13,15,17-24,28-31H2,1-2H3,(H,50,52)(H,53,58)/t37-/m1/s1. The zero-order valence-corrected chi connectivity index (χ0v) is 38.8. The fourth-order valence-corrected chi connectivity index (χ4v) is 10.4. The average molecular weight is 940 g/mol. The molecule has 5 heterocycles. The second-order valence-corrected chi connectivity index (χ2v) is 20.3. The lowest BCUT2D eigenvalue weighted by Gasteiger charge is -2.39. The van der Waals surface area contributed by atoms with Gasteiger partial charge in [-0.05, 0) is 103 Å². The van der Waals surface area contributed by atoms with Crippen molar-refractivity contribution in [3.8, 4) is 5.88 Å². The van der Waals surface area contributed by atoms with Gasteiger partial charge in [-0.15, -0.1) is 0 Å². The van der Waals surface area contributed by atoms with Crippen molar-refractivity contribution in [3.63, 3.8) is 0 Å². The second kappa shape index (κ2) is 19.2. The number of pyridine rings is 1. The van der Waals surface area contributed by atoms with Crippen LogP contribution in [0.2, 0.25) is 5.02 Å². The Morgan fingerprint density at radius 3 is 2.56 bits per heavy atom. The van der Waals surface area contributed by atoms with Gasteiger partial charge in [-0.3, -0.25) is 19.8 Å². The summed E-state index contributed by atoms with van der Waals surface area (Å²) in [6.45, 7) is 11.1. The highest BCUT2D eigenvalue weighted by atomic mass is 35.5. The Morgan fingerprint density at radius 1 is 0.970 bits per heavy atom. The van der Waals surface area contributed by atoms with E-state index in [-0.39, 0.29) is 29.3 Å². The number of sulfonamides is 1. The third-order valence-corrected chi connectivity index (χ3v) is 14.5. The first kappa shape index (κ1) is 45.4. The number of hydrogen-bond donors (Lipinski definition) is 3. The molecule has 348 valence electrons. The van der Waals surface area contributed by atoms with Crippen LogP contribution in [-0.4, -0.2) is 112 Å². The minimum absolute atomic E-state index is 0.103. The van der Waals surface area contributed by atoms with Crippen molar-refractivity contribution in [2.24, 2.45) is 5.41 Å². The molecule has 0 unspecified atom stereocenters. The number of halogens is 1. The number of carbonyl (C=O) groups excluding carboxylic acids is 1. The van der Waals surface area contributed by atoms with E-state index in [9.17, 15) is 23.3 Å². The molecule has 2 saturated heterocycles. The van der Waals surface area contributed by atoms with Crippen molar-refractivity contribution in [3.05, 3.63) is 111 Å². The molecule has 0 bridgehead atoms. The Labute approximate surface area is 389 Å². The Balaban J connectivity index is 0.996. The molecule has 16 nitrogen and oxygen atoms in total. The highest BCUT2D eigenvalue weighted by Gasteiger charge is 2.32. The molecular weight excluding hydrogens is 884 g/mol. The van der Waals surface area contributed by atoms with E-state index in [4.69, 9.17) is 30.8 Å². The van der Waals surface area contributed by atoms with Gasteiger partial charge in [0.15, 0.2) is 0 Å². The Morgan fingerprint density at radius 2 is 1.79 bits per heavy atom. The first-order chi connectivity index (χ1) is 31.8. The summed E-state index contributed by atoms with van der Waals surface area (Å²) in [6.07, 6.45) is 6.13. The molecule has 2 fully saturated rings. The van der Waals surface area contributed by atoms with Crippen molar-refractivity contribution < 1.29 is 32.3 Å². The third-order valence-electron chi connectivity index (χ3n) is 12.9. The van der Waals surface area contributed by atoms with Gasteiger partial charge in [0.2, 0.25) is 5.88 Å². The molecular formula is C48H55ClN8O8S. The number of nitrogens with zero attached hydrogens (tertiary/aromatic N) is 5. The van der Waals surface area contributed by atoms with Crippen LogP contribution in [0.1, 0.15) is 61.9 Å². The number of benzene rings is 3. The number of anilines is 4. The number of amides is 1. The van der Waals surface area contributed by atoms with E-state index < -0.39 is 31.4 Å². The molecule has 1 amide bonds. The van der Waals surface area contributed by atoms with Crippen molar-refractivity contribution in [2.75, 3.05) is 87.4 Å². The van der Waals surface area contributed by atoms with Crippen LogP contribution >= 0.6 is 11.6 Å². The molecule has 0 radical (unpaired) electrons. The fraction of sp³-hybridized carbons (Fsp3) is 0.417. The molecule has 1 aliphatic carbocycles. The smallest absolute Gasteiger partial charge is 0.293 e. The summed E-state index contributed by atoms with van der Waals surface area (Å²) in [7, 11) is -4.60. The maximum Gasteiger partial charge on any atom is 0.293 e. The number of nitro benzene ring substituents is 1. The molecule has 3 aromatic carbocycles. The Bertz CT molecular complexity index is 2750. The lowest BCUT2D eigenvalue weighted by atomic mass is 9.72. The number of piperazine rings is 1. The molecule has 66 heavy (non-hydrogen) atoms. The number of fused-ring (bicyclic) bond motifs is 2. The molecule has 1 atom stereocenters. The number of nitro groups is 1. The normalized spacial score (nSPS) is 19.4. The summed E-state index contributed by atoms with van der Waals surface area (Å²) in [4.78, 5) is 40.3. The van der Waals surface area contributed by atoms with Crippen molar-refractivity contribution >= 4 is 72.6 Å². The number of aromatic amines is 1. The van der Waals surface area contributed by atoms with Gasteiger partial charge in [-0.25, -0.2) is 13.1 Å². The highest BCUT2D eigenvalue weighted by molar-refractivity contribution is 7.90. The molecule has 4 aliphatic rings. The number of allylic oxidation sites excluding steroid dienone is 1.